The van der Waals surface area contributed by atoms with Crippen molar-refractivity contribution in [2.75, 3.05) is 13.7 Å². The van der Waals surface area contributed by atoms with Crippen molar-refractivity contribution in [2.24, 2.45) is 5.92 Å². The molecular weight excluding hydrogens is 393 g/mol. The Kier molecular flexibility index (Phi) is 6.30. The highest BCUT2D eigenvalue weighted by Crippen LogP contribution is 2.31. The molecule has 0 saturated carbocycles. The molecule has 0 aliphatic carbocycles. The lowest BCUT2D eigenvalue weighted by Gasteiger charge is -2.25. The van der Waals surface area contributed by atoms with Crippen LogP contribution in [0, 0.1) is 18.7 Å². The zero-order valence-electron chi connectivity index (χ0n) is 17.0. The zero-order chi connectivity index (χ0) is 21.3. The van der Waals surface area contributed by atoms with E-state index in [0.29, 0.717) is 33.3 Å². The zero-order valence-corrected chi connectivity index (χ0v) is 17.8. The van der Waals surface area contributed by atoms with E-state index in [9.17, 15) is 14.3 Å². The molecule has 1 N–H and O–H groups in total. The van der Waals surface area contributed by atoms with Crippen molar-refractivity contribution < 1.29 is 14.2 Å². The predicted molar refractivity (Wildman–Crippen MR) is 115 cm³/mol. The maximum Gasteiger partial charge on any atom is 0.192 e. The van der Waals surface area contributed by atoms with Crippen LogP contribution in [0.5, 0.6) is 5.75 Å². The molecule has 6 heteroatoms. The van der Waals surface area contributed by atoms with Crippen LogP contribution in [0.2, 0.25) is 5.02 Å². The van der Waals surface area contributed by atoms with E-state index < -0.39 is 5.82 Å². The molecule has 0 aliphatic heterocycles. The van der Waals surface area contributed by atoms with Crippen LogP contribution in [0.15, 0.2) is 41.3 Å². The second-order valence-corrected chi connectivity index (χ2v) is 8.02. The van der Waals surface area contributed by atoms with Crippen molar-refractivity contribution in [3.8, 4) is 5.75 Å². The van der Waals surface area contributed by atoms with Gasteiger partial charge < -0.3 is 14.4 Å². The topological polar surface area (TPSA) is 51.5 Å². The number of ether oxygens (including phenoxy) is 1. The standard InChI is InChI=1S/C23H25ClFNO3/c1-13(2)20(12-27)26-11-14(3)23(28)17-9-16(21(29-4)10-19(17)26)8-15-6-5-7-18(24)22(15)25/h5-7,9-11,13,20,27H,8,12H2,1-4H3/t20-/m0/s1. The Morgan fingerprint density at radius 2 is 1.97 bits per heavy atom. The first-order valence-electron chi connectivity index (χ1n) is 9.54. The van der Waals surface area contributed by atoms with Crippen molar-refractivity contribution in [1.29, 1.82) is 0 Å². The molecule has 3 rings (SSSR count). The van der Waals surface area contributed by atoms with Gasteiger partial charge in [-0.15, -0.1) is 0 Å². The van der Waals surface area contributed by atoms with Crippen LogP contribution < -0.4 is 10.2 Å². The maximum absolute atomic E-state index is 14.4. The molecule has 4 nitrogen and oxygen atoms in total. The average molecular weight is 418 g/mol. The molecule has 0 aliphatic rings. The van der Waals surface area contributed by atoms with E-state index >= 15 is 0 Å². The fourth-order valence-electron chi connectivity index (χ4n) is 3.67. The number of aliphatic hydroxyl groups is 1. The van der Waals surface area contributed by atoms with E-state index in [1.807, 2.05) is 18.4 Å². The summed E-state index contributed by atoms with van der Waals surface area (Å²) in [4.78, 5) is 12.9. The molecule has 0 amide bonds. The number of benzene rings is 2. The number of aryl methyl sites for hydroxylation is 1. The smallest absolute Gasteiger partial charge is 0.192 e. The Labute approximate surface area is 174 Å². The predicted octanol–water partition coefficient (Wildman–Crippen LogP) is 4.89. The summed E-state index contributed by atoms with van der Waals surface area (Å²) in [5, 5.41) is 10.5. The van der Waals surface area contributed by atoms with E-state index in [1.54, 1.807) is 44.5 Å². The van der Waals surface area contributed by atoms with E-state index in [4.69, 9.17) is 16.3 Å². The minimum Gasteiger partial charge on any atom is -0.496 e. The molecule has 0 bridgehead atoms. The number of halogens is 2. The van der Waals surface area contributed by atoms with Gasteiger partial charge in [0.05, 0.1) is 30.3 Å². The van der Waals surface area contributed by atoms with Gasteiger partial charge in [0.25, 0.3) is 0 Å². The van der Waals surface area contributed by atoms with Gasteiger partial charge in [-0.2, -0.15) is 0 Å². The van der Waals surface area contributed by atoms with Crippen LogP contribution in [-0.2, 0) is 6.42 Å². The largest absolute Gasteiger partial charge is 0.496 e. The highest BCUT2D eigenvalue weighted by atomic mass is 35.5. The SMILES string of the molecule is COc1cc2c(cc1Cc1cccc(Cl)c1F)c(=O)c(C)cn2[C@@H](CO)C(C)C. The highest BCUT2D eigenvalue weighted by Gasteiger charge is 2.20. The first kappa shape index (κ1) is 21.3. The molecule has 0 unspecified atom stereocenters. The molecule has 154 valence electrons. The second kappa shape index (κ2) is 8.56. The van der Waals surface area contributed by atoms with Gasteiger partial charge in [0, 0.05) is 29.6 Å². The summed E-state index contributed by atoms with van der Waals surface area (Å²) in [6.07, 6.45) is 2.02. The van der Waals surface area contributed by atoms with Crippen molar-refractivity contribution in [2.45, 2.75) is 33.2 Å². The number of nitrogens with zero attached hydrogens (tertiary/aromatic N) is 1. The Hall–Kier alpha value is -2.37. The molecule has 1 heterocycles. The van der Waals surface area contributed by atoms with E-state index in [1.165, 1.54) is 6.07 Å². The number of rotatable bonds is 6. The number of aliphatic hydroxyl groups excluding tert-OH is 1. The monoisotopic (exact) mass is 417 g/mol. The van der Waals surface area contributed by atoms with Gasteiger partial charge in [0.1, 0.15) is 11.6 Å². The summed E-state index contributed by atoms with van der Waals surface area (Å²) in [5.74, 6) is 0.240. The van der Waals surface area contributed by atoms with Gasteiger partial charge in [-0.1, -0.05) is 37.6 Å². The van der Waals surface area contributed by atoms with E-state index in [2.05, 4.69) is 0 Å². The van der Waals surface area contributed by atoms with Gasteiger partial charge >= 0.3 is 0 Å². The molecule has 0 fully saturated rings. The van der Waals surface area contributed by atoms with Gasteiger partial charge in [0.15, 0.2) is 5.43 Å². The average Bonchev–Trinajstić information content (AvgIpc) is 2.69. The number of methoxy groups -OCH3 is 1. The van der Waals surface area contributed by atoms with Crippen molar-refractivity contribution >= 4 is 22.5 Å². The van der Waals surface area contributed by atoms with Crippen LogP contribution in [0.1, 0.15) is 36.6 Å². The molecule has 1 aromatic heterocycles. The molecule has 1 atom stereocenters. The maximum atomic E-state index is 14.4. The number of hydrogen-bond donors (Lipinski definition) is 1. The minimum atomic E-state index is -0.474. The summed E-state index contributed by atoms with van der Waals surface area (Å²) in [5.41, 5.74) is 2.30. The summed E-state index contributed by atoms with van der Waals surface area (Å²) in [7, 11) is 1.54. The third-order valence-corrected chi connectivity index (χ3v) is 5.63. The number of fused-ring (bicyclic) bond motifs is 1. The van der Waals surface area contributed by atoms with E-state index in [-0.39, 0.29) is 35.4 Å². The normalized spacial score (nSPS) is 12.6. The molecule has 2 aromatic carbocycles. The second-order valence-electron chi connectivity index (χ2n) is 7.61. The summed E-state index contributed by atoms with van der Waals surface area (Å²) >= 11 is 5.91. The van der Waals surface area contributed by atoms with Gasteiger partial charge in [0.2, 0.25) is 0 Å². The highest BCUT2D eigenvalue weighted by molar-refractivity contribution is 6.30. The Morgan fingerprint density at radius 3 is 2.59 bits per heavy atom. The lowest BCUT2D eigenvalue weighted by atomic mass is 9.98. The van der Waals surface area contributed by atoms with Crippen molar-refractivity contribution in [3.05, 3.63) is 74.3 Å². The summed E-state index contributed by atoms with van der Waals surface area (Å²) in [6, 6.07) is 8.23. The summed E-state index contributed by atoms with van der Waals surface area (Å²) < 4.78 is 21.9. The fourth-order valence-corrected chi connectivity index (χ4v) is 3.87. The molecule has 29 heavy (non-hydrogen) atoms. The van der Waals surface area contributed by atoms with Crippen LogP contribution in [-0.4, -0.2) is 23.4 Å². The first-order valence-corrected chi connectivity index (χ1v) is 9.92. The lowest BCUT2D eigenvalue weighted by Crippen LogP contribution is -2.23. The van der Waals surface area contributed by atoms with Crippen LogP contribution in [0.4, 0.5) is 4.39 Å². The van der Waals surface area contributed by atoms with Gasteiger partial charge in [-0.05, 0) is 36.1 Å². The van der Waals surface area contributed by atoms with E-state index in [0.717, 1.165) is 0 Å². The quantitative estimate of drug-likeness (QED) is 0.621. The minimum absolute atomic E-state index is 0.0487. The molecule has 0 radical (unpaired) electrons. The Balaban J connectivity index is 2.25. The third-order valence-electron chi connectivity index (χ3n) is 5.34. The number of aromatic nitrogens is 1. The Bertz CT molecular complexity index is 1110. The first-order chi connectivity index (χ1) is 13.8. The summed E-state index contributed by atoms with van der Waals surface area (Å²) in [6.45, 7) is 5.75. The number of pyridine rings is 1. The van der Waals surface area contributed by atoms with Gasteiger partial charge in [-0.3, -0.25) is 4.79 Å². The number of hydrogen-bond acceptors (Lipinski definition) is 3. The fraction of sp³-hybridized carbons (Fsp3) is 0.348. The lowest BCUT2D eigenvalue weighted by molar-refractivity contribution is 0.195. The van der Waals surface area contributed by atoms with Crippen LogP contribution in [0.25, 0.3) is 10.9 Å². The van der Waals surface area contributed by atoms with Crippen LogP contribution in [0.3, 0.4) is 0 Å². The molecule has 0 spiro atoms. The molecular formula is C23H25ClFNO3. The molecule has 3 aromatic rings. The van der Waals surface area contributed by atoms with Gasteiger partial charge in [-0.25, -0.2) is 4.39 Å². The molecule has 0 saturated heterocycles. The Morgan fingerprint density at radius 1 is 1.24 bits per heavy atom. The van der Waals surface area contributed by atoms with Crippen LogP contribution >= 0.6 is 11.6 Å². The van der Waals surface area contributed by atoms with Crippen molar-refractivity contribution in [1.82, 2.24) is 4.57 Å². The van der Waals surface area contributed by atoms with Crippen molar-refractivity contribution in [3.63, 3.8) is 0 Å². The third kappa shape index (κ3) is 4.02.